The molecule has 2 saturated heterocycles. The number of nitrogens with zero attached hydrogens (tertiary/aromatic N) is 2. The van der Waals surface area contributed by atoms with Gasteiger partial charge in [-0.3, -0.25) is 14.5 Å². The van der Waals surface area contributed by atoms with E-state index in [1.807, 2.05) is 4.90 Å². The highest BCUT2D eigenvalue weighted by Crippen LogP contribution is 2.21. The van der Waals surface area contributed by atoms with Gasteiger partial charge in [-0.05, 0) is 37.9 Å². The highest BCUT2D eigenvalue weighted by Gasteiger charge is 2.30. The molecular weight excluding hydrogens is 328 g/mol. The van der Waals surface area contributed by atoms with Crippen molar-refractivity contribution in [2.45, 2.75) is 31.7 Å². The summed E-state index contributed by atoms with van der Waals surface area (Å²) in [7, 11) is 0. The second-order valence-electron chi connectivity index (χ2n) is 6.66. The van der Waals surface area contributed by atoms with Crippen LogP contribution in [-0.4, -0.2) is 60.4 Å². The van der Waals surface area contributed by atoms with E-state index >= 15 is 0 Å². The Kier molecular flexibility index (Phi) is 5.63. The first-order valence-electron chi connectivity index (χ1n) is 8.79. The largest absolute Gasteiger partial charge is 0.351 e. The molecule has 1 aromatic carbocycles. The van der Waals surface area contributed by atoms with Crippen LogP contribution in [0.3, 0.4) is 0 Å². The van der Waals surface area contributed by atoms with Crippen molar-refractivity contribution in [2.75, 3.05) is 32.7 Å². The van der Waals surface area contributed by atoms with Crippen molar-refractivity contribution < 1.29 is 18.4 Å². The summed E-state index contributed by atoms with van der Waals surface area (Å²) < 4.78 is 26.4. The molecule has 0 aromatic heterocycles. The molecule has 0 aliphatic carbocycles. The zero-order valence-electron chi connectivity index (χ0n) is 14.1. The maximum absolute atomic E-state index is 13.6. The van der Waals surface area contributed by atoms with Crippen molar-refractivity contribution in [2.24, 2.45) is 0 Å². The molecule has 5 nitrogen and oxygen atoms in total. The van der Waals surface area contributed by atoms with Gasteiger partial charge in [-0.2, -0.15) is 0 Å². The predicted molar refractivity (Wildman–Crippen MR) is 89.1 cm³/mol. The first kappa shape index (κ1) is 17.8. The van der Waals surface area contributed by atoms with Gasteiger partial charge in [0.15, 0.2) is 0 Å². The van der Waals surface area contributed by atoms with E-state index in [0.29, 0.717) is 12.1 Å². The van der Waals surface area contributed by atoms with Gasteiger partial charge in [-0.15, -0.1) is 0 Å². The minimum absolute atomic E-state index is 0.00799. The van der Waals surface area contributed by atoms with E-state index in [0.717, 1.165) is 51.2 Å². The molecule has 136 valence electrons. The molecule has 2 amide bonds. The summed E-state index contributed by atoms with van der Waals surface area (Å²) in [4.78, 5) is 28.7. The Morgan fingerprint density at radius 2 is 1.96 bits per heavy atom. The maximum atomic E-state index is 13.6. The quantitative estimate of drug-likeness (QED) is 0.900. The van der Waals surface area contributed by atoms with Crippen LogP contribution >= 0.6 is 0 Å². The Balaban J connectivity index is 1.48. The summed E-state index contributed by atoms with van der Waals surface area (Å²) in [5.74, 6) is -2.26. The van der Waals surface area contributed by atoms with Crippen LogP contribution in [0.1, 0.15) is 36.0 Å². The van der Waals surface area contributed by atoms with E-state index in [1.54, 1.807) is 0 Å². The van der Waals surface area contributed by atoms with Crippen molar-refractivity contribution in [1.82, 2.24) is 15.1 Å². The summed E-state index contributed by atoms with van der Waals surface area (Å²) in [5.41, 5.74) is -0.217. The third kappa shape index (κ3) is 4.34. The number of amides is 2. The highest BCUT2D eigenvalue weighted by molar-refractivity contribution is 5.94. The average molecular weight is 351 g/mol. The zero-order chi connectivity index (χ0) is 17.8. The topological polar surface area (TPSA) is 52.7 Å². The summed E-state index contributed by atoms with van der Waals surface area (Å²) in [6.45, 7) is 3.78. The fourth-order valence-corrected chi connectivity index (χ4v) is 3.64. The summed E-state index contributed by atoms with van der Waals surface area (Å²) in [6, 6.07) is 3.26. The Morgan fingerprint density at radius 1 is 1.16 bits per heavy atom. The number of carbonyl (C=O) groups excluding carboxylic acids is 2. The first-order valence-corrected chi connectivity index (χ1v) is 8.79. The molecule has 1 atom stereocenters. The van der Waals surface area contributed by atoms with Crippen molar-refractivity contribution in [3.63, 3.8) is 0 Å². The molecule has 2 aliphatic rings. The lowest BCUT2D eigenvalue weighted by molar-refractivity contribution is -0.131. The number of rotatable bonds is 4. The normalized spacial score (nSPS) is 20.9. The number of carbonyl (C=O) groups is 2. The molecule has 0 saturated carbocycles. The van der Waals surface area contributed by atoms with E-state index in [-0.39, 0.29) is 24.4 Å². The van der Waals surface area contributed by atoms with Gasteiger partial charge in [-0.25, -0.2) is 8.78 Å². The van der Waals surface area contributed by atoms with Crippen LogP contribution in [0.4, 0.5) is 8.78 Å². The van der Waals surface area contributed by atoms with E-state index < -0.39 is 17.5 Å². The van der Waals surface area contributed by atoms with Gasteiger partial charge >= 0.3 is 0 Å². The minimum atomic E-state index is -0.905. The fraction of sp³-hybridized carbons (Fsp3) is 0.556. The zero-order valence-corrected chi connectivity index (χ0v) is 14.1. The van der Waals surface area contributed by atoms with Gasteiger partial charge in [0.1, 0.15) is 11.6 Å². The molecule has 1 aromatic rings. The molecular formula is C18H23F2N3O2. The maximum Gasteiger partial charge on any atom is 0.254 e. The van der Waals surface area contributed by atoms with Crippen molar-refractivity contribution in [3.05, 3.63) is 35.4 Å². The number of hydrogen-bond acceptors (Lipinski definition) is 3. The van der Waals surface area contributed by atoms with Crippen LogP contribution < -0.4 is 5.32 Å². The Bertz CT molecular complexity index is 653. The minimum Gasteiger partial charge on any atom is -0.351 e. The van der Waals surface area contributed by atoms with Gasteiger partial charge in [0.05, 0.1) is 5.56 Å². The van der Waals surface area contributed by atoms with Crippen LogP contribution in [0.2, 0.25) is 0 Å². The van der Waals surface area contributed by atoms with Gasteiger partial charge in [-0.1, -0.05) is 0 Å². The second-order valence-corrected chi connectivity index (χ2v) is 6.66. The van der Waals surface area contributed by atoms with E-state index in [9.17, 15) is 18.4 Å². The Labute approximate surface area is 146 Å². The lowest BCUT2D eigenvalue weighted by Gasteiger charge is -2.25. The SMILES string of the molecule is O=C(NCCC(=O)N1CCCN2CCCC2C1)c1ccc(F)cc1F. The monoisotopic (exact) mass is 351 g/mol. The van der Waals surface area contributed by atoms with Crippen molar-refractivity contribution in [1.29, 1.82) is 0 Å². The standard InChI is InChI=1S/C18H23F2N3O2/c19-13-4-5-15(16(20)11-13)18(25)21-7-6-17(24)23-10-2-9-22-8-1-3-14(22)12-23/h4-5,11,14H,1-3,6-10,12H2,(H,21,25). The molecule has 0 bridgehead atoms. The first-order chi connectivity index (χ1) is 12.0. The van der Waals surface area contributed by atoms with Gasteiger partial charge in [0, 0.05) is 44.7 Å². The van der Waals surface area contributed by atoms with Crippen molar-refractivity contribution >= 4 is 11.8 Å². The summed E-state index contributed by atoms with van der Waals surface area (Å²) in [5, 5.41) is 2.53. The molecule has 2 fully saturated rings. The van der Waals surface area contributed by atoms with Crippen LogP contribution in [0, 0.1) is 11.6 Å². The Hall–Kier alpha value is -2.02. The number of halogens is 2. The molecule has 2 aliphatic heterocycles. The second kappa shape index (κ2) is 7.91. The lowest BCUT2D eigenvalue weighted by Crippen LogP contribution is -2.40. The average Bonchev–Trinajstić information content (AvgIpc) is 2.91. The number of benzene rings is 1. The molecule has 2 heterocycles. The third-order valence-corrected chi connectivity index (χ3v) is 4.96. The molecule has 3 rings (SSSR count). The number of nitrogens with one attached hydrogen (secondary N) is 1. The number of hydrogen-bond donors (Lipinski definition) is 1. The highest BCUT2D eigenvalue weighted by atomic mass is 19.1. The summed E-state index contributed by atoms with van der Waals surface area (Å²) >= 11 is 0. The van der Waals surface area contributed by atoms with Crippen LogP contribution in [0.15, 0.2) is 18.2 Å². The van der Waals surface area contributed by atoms with E-state index in [2.05, 4.69) is 10.2 Å². The van der Waals surface area contributed by atoms with Crippen LogP contribution in [0.25, 0.3) is 0 Å². The van der Waals surface area contributed by atoms with Crippen molar-refractivity contribution in [3.8, 4) is 0 Å². The molecule has 1 N–H and O–H groups in total. The third-order valence-electron chi connectivity index (χ3n) is 4.96. The lowest BCUT2D eigenvalue weighted by atomic mass is 10.2. The number of fused-ring (bicyclic) bond motifs is 1. The van der Waals surface area contributed by atoms with Gasteiger partial charge in [0.25, 0.3) is 5.91 Å². The molecule has 7 heteroatoms. The smallest absolute Gasteiger partial charge is 0.254 e. The molecule has 25 heavy (non-hydrogen) atoms. The van der Waals surface area contributed by atoms with E-state index in [4.69, 9.17) is 0 Å². The van der Waals surface area contributed by atoms with Gasteiger partial charge < -0.3 is 10.2 Å². The van der Waals surface area contributed by atoms with Crippen LogP contribution in [-0.2, 0) is 4.79 Å². The molecule has 0 radical (unpaired) electrons. The van der Waals surface area contributed by atoms with E-state index in [1.165, 1.54) is 6.42 Å². The fourth-order valence-electron chi connectivity index (χ4n) is 3.64. The molecule has 1 unspecified atom stereocenters. The van der Waals surface area contributed by atoms with Gasteiger partial charge in [0.2, 0.25) is 5.91 Å². The predicted octanol–water partition coefficient (Wildman–Crippen LogP) is 1.78. The Morgan fingerprint density at radius 3 is 2.76 bits per heavy atom. The van der Waals surface area contributed by atoms with Crippen LogP contribution in [0.5, 0.6) is 0 Å². The summed E-state index contributed by atoms with van der Waals surface area (Å²) in [6.07, 6.45) is 3.47. The molecule has 0 spiro atoms.